The number of nitrogens with zero attached hydrogens (tertiary/aromatic N) is 1. The first kappa shape index (κ1) is 30.7. The monoisotopic (exact) mass is 417 g/mol. The SMILES string of the molecule is CCCCC/C=C/CCCCN(CCCC/C=C/CCCCC)CC(=O)[O-].[K+]. The molecular formula is C24H44KNO2. The summed E-state index contributed by atoms with van der Waals surface area (Å²) in [6.07, 6.45) is 25.9. The molecular weight excluding hydrogens is 373 g/mol. The second-order valence-electron chi connectivity index (χ2n) is 7.57. The summed E-state index contributed by atoms with van der Waals surface area (Å²) in [6, 6.07) is 0. The second-order valence-corrected chi connectivity index (χ2v) is 7.57. The van der Waals surface area contributed by atoms with Crippen LogP contribution in [-0.2, 0) is 4.79 Å². The van der Waals surface area contributed by atoms with Crippen molar-refractivity contribution in [2.24, 2.45) is 0 Å². The van der Waals surface area contributed by atoms with Gasteiger partial charge >= 0.3 is 51.4 Å². The van der Waals surface area contributed by atoms with Crippen LogP contribution in [0.5, 0.6) is 0 Å². The first-order chi connectivity index (χ1) is 13.2. The number of carboxylic acids is 1. The molecule has 0 unspecified atom stereocenters. The van der Waals surface area contributed by atoms with E-state index in [1.54, 1.807) is 0 Å². The van der Waals surface area contributed by atoms with E-state index in [1.807, 2.05) is 4.90 Å². The topological polar surface area (TPSA) is 43.4 Å². The van der Waals surface area contributed by atoms with E-state index in [2.05, 4.69) is 38.2 Å². The molecule has 0 saturated heterocycles. The van der Waals surface area contributed by atoms with Crippen LogP contribution in [0.15, 0.2) is 24.3 Å². The van der Waals surface area contributed by atoms with E-state index in [0.29, 0.717) is 0 Å². The van der Waals surface area contributed by atoms with E-state index in [4.69, 9.17) is 0 Å². The molecule has 0 aromatic carbocycles. The molecule has 0 aromatic heterocycles. The van der Waals surface area contributed by atoms with E-state index in [9.17, 15) is 9.90 Å². The van der Waals surface area contributed by atoms with Crippen LogP contribution < -0.4 is 56.5 Å². The molecule has 0 heterocycles. The third-order valence-electron chi connectivity index (χ3n) is 4.82. The minimum Gasteiger partial charge on any atom is -0.549 e. The Morgan fingerprint density at radius 2 is 1.04 bits per heavy atom. The number of carbonyl (C=O) groups excluding carboxylic acids is 1. The Hall–Kier alpha value is 0.546. The summed E-state index contributed by atoms with van der Waals surface area (Å²) in [5.41, 5.74) is 0. The van der Waals surface area contributed by atoms with Crippen LogP contribution in [0.3, 0.4) is 0 Å². The molecule has 0 saturated carbocycles. The molecule has 158 valence electrons. The largest absolute Gasteiger partial charge is 1.00 e. The molecule has 0 aromatic rings. The summed E-state index contributed by atoms with van der Waals surface area (Å²) in [4.78, 5) is 13.0. The number of rotatable bonds is 20. The molecule has 0 aliphatic carbocycles. The van der Waals surface area contributed by atoms with Crippen LogP contribution in [0.4, 0.5) is 0 Å². The molecule has 0 N–H and O–H groups in total. The summed E-state index contributed by atoms with van der Waals surface area (Å²) in [5, 5.41) is 11.0. The van der Waals surface area contributed by atoms with Gasteiger partial charge in [0.2, 0.25) is 0 Å². The predicted molar refractivity (Wildman–Crippen MR) is 116 cm³/mol. The number of hydrogen-bond donors (Lipinski definition) is 0. The Bertz CT molecular complexity index is 355. The van der Waals surface area contributed by atoms with Crippen molar-refractivity contribution in [2.75, 3.05) is 19.6 Å². The zero-order valence-electron chi connectivity index (χ0n) is 19.1. The molecule has 0 bridgehead atoms. The molecule has 0 radical (unpaired) electrons. The molecule has 0 amide bonds. The summed E-state index contributed by atoms with van der Waals surface area (Å²) in [6.45, 7) is 6.26. The quantitative estimate of drug-likeness (QED) is 0.174. The average molecular weight is 418 g/mol. The Morgan fingerprint density at radius 3 is 1.36 bits per heavy atom. The first-order valence-corrected chi connectivity index (χ1v) is 11.4. The van der Waals surface area contributed by atoms with Crippen LogP contribution in [0.2, 0.25) is 0 Å². The van der Waals surface area contributed by atoms with Gasteiger partial charge in [0.25, 0.3) is 0 Å². The van der Waals surface area contributed by atoms with Gasteiger partial charge in [-0.3, -0.25) is 4.90 Å². The molecule has 4 heteroatoms. The molecule has 3 nitrogen and oxygen atoms in total. The van der Waals surface area contributed by atoms with Crippen LogP contribution in [0.25, 0.3) is 0 Å². The maximum absolute atomic E-state index is 11.0. The summed E-state index contributed by atoms with van der Waals surface area (Å²) in [7, 11) is 0. The second kappa shape index (κ2) is 25.6. The normalized spacial score (nSPS) is 11.5. The fraction of sp³-hybridized carbons (Fsp3) is 0.792. The number of carboxylic acid groups (broad SMARTS) is 1. The summed E-state index contributed by atoms with van der Waals surface area (Å²) >= 11 is 0. The van der Waals surface area contributed by atoms with Gasteiger partial charge in [0.1, 0.15) is 0 Å². The minimum atomic E-state index is -0.957. The van der Waals surface area contributed by atoms with Crippen molar-refractivity contribution in [3.05, 3.63) is 24.3 Å². The van der Waals surface area contributed by atoms with Crippen LogP contribution in [0, 0.1) is 0 Å². The van der Waals surface area contributed by atoms with Gasteiger partial charge in [-0.1, -0.05) is 63.8 Å². The van der Waals surface area contributed by atoms with Crippen molar-refractivity contribution in [1.82, 2.24) is 4.90 Å². The van der Waals surface area contributed by atoms with Crippen molar-refractivity contribution in [3.8, 4) is 0 Å². The van der Waals surface area contributed by atoms with Gasteiger partial charge in [0, 0.05) is 6.54 Å². The van der Waals surface area contributed by atoms with Gasteiger partial charge in [0.15, 0.2) is 0 Å². The maximum atomic E-state index is 11.0. The fourth-order valence-electron chi connectivity index (χ4n) is 3.14. The van der Waals surface area contributed by atoms with E-state index in [-0.39, 0.29) is 57.9 Å². The molecule has 28 heavy (non-hydrogen) atoms. The van der Waals surface area contributed by atoms with E-state index >= 15 is 0 Å². The molecule has 0 atom stereocenters. The molecule has 0 aliphatic heterocycles. The fourth-order valence-corrected chi connectivity index (χ4v) is 3.14. The third kappa shape index (κ3) is 24.6. The zero-order valence-corrected chi connectivity index (χ0v) is 22.2. The Labute approximate surface area is 217 Å². The van der Waals surface area contributed by atoms with Gasteiger partial charge in [-0.2, -0.15) is 0 Å². The standard InChI is InChI=1S/C24H45NO2.K/c1-3-5-7-9-11-13-15-17-19-21-25(23-24(26)27)22-20-18-16-14-12-10-8-6-4-2;/h11-14H,3-10,15-23H2,1-2H3,(H,26,27);/q;+1/p-1/b13-11+,14-12+;. The number of carbonyl (C=O) groups is 1. The first-order valence-electron chi connectivity index (χ1n) is 11.4. The van der Waals surface area contributed by atoms with Crippen molar-refractivity contribution >= 4 is 5.97 Å². The smallest absolute Gasteiger partial charge is 0.549 e. The van der Waals surface area contributed by atoms with E-state index < -0.39 is 5.97 Å². The van der Waals surface area contributed by atoms with Crippen LogP contribution >= 0.6 is 0 Å². The summed E-state index contributed by atoms with van der Waals surface area (Å²) in [5.74, 6) is -0.957. The maximum Gasteiger partial charge on any atom is 1.00 e. The minimum absolute atomic E-state index is 0. The van der Waals surface area contributed by atoms with Crippen LogP contribution in [-0.4, -0.2) is 30.5 Å². The van der Waals surface area contributed by atoms with Crippen molar-refractivity contribution < 1.29 is 61.3 Å². The molecule has 0 fully saturated rings. The van der Waals surface area contributed by atoms with Gasteiger partial charge in [-0.15, -0.1) is 0 Å². The number of hydrogen-bond acceptors (Lipinski definition) is 3. The molecule has 0 aliphatic rings. The molecule has 0 spiro atoms. The Balaban J connectivity index is 0. The van der Waals surface area contributed by atoms with Gasteiger partial charge in [-0.25, -0.2) is 0 Å². The van der Waals surface area contributed by atoms with E-state index in [1.165, 1.54) is 51.4 Å². The van der Waals surface area contributed by atoms with Crippen molar-refractivity contribution in [1.29, 1.82) is 0 Å². The number of unbranched alkanes of at least 4 members (excludes halogenated alkanes) is 10. The van der Waals surface area contributed by atoms with Gasteiger partial charge < -0.3 is 9.90 Å². The number of allylic oxidation sites excluding steroid dienone is 4. The van der Waals surface area contributed by atoms with Gasteiger partial charge in [-0.05, 0) is 77.3 Å². The number of aliphatic carboxylic acids is 1. The Morgan fingerprint density at radius 1 is 0.679 bits per heavy atom. The summed E-state index contributed by atoms with van der Waals surface area (Å²) < 4.78 is 0. The molecule has 0 rings (SSSR count). The van der Waals surface area contributed by atoms with Crippen LogP contribution in [0.1, 0.15) is 104 Å². The predicted octanol–water partition coefficient (Wildman–Crippen LogP) is 2.66. The van der Waals surface area contributed by atoms with E-state index in [0.717, 1.165) is 51.6 Å². The third-order valence-corrected chi connectivity index (χ3v) is 4.82. The Kier molecular flexibility index (Phi) is 28.1. The van der Waals surface area contributed by atoms with Crippen molar-refractivity contribution in [2.45, 2.75) is 104 Å². The van der Waals surface area contributed by atoms with Crippen molar-refractivity contribution in [3.63, 3.8) is 0 Å². The zero-order chi connectivity index (χ0) is 20.0. The van der Waals surface area contributed by atoms with Gasteiger partial charge in [0.05, 0.1) is 5.97 Å². The average Bonchev–Trinajstić information content (AvgIpc) is 2.64.